The van der Waals surface area contributed by atoms with Crippen molar-refractivity contribution < 1.29 is 22.4 Å². The van der Waals surface area contributed by atoms with Crippen molar-refractivity contribution >= 4 is 28.7 Å². The molecule has 0 radical (unpaired) electrons. The van der Waals surface area contributed by atoms with Crippen LogP contribution in [0.5, 0.6) is 0 Å². The van der Waals surface area contributed by atoms with Crippen LogP contribution in [-0.2, 0) is 11.3 Å². The van der Waals surface area contributed by atoms with Gasteiger partial charge in [-0.15, -0.1) is 10.2 Å². The van der Waals surface area contributed by atoms with Gasteiger partial charge in [0, 0.05) is 36.3 Å². The summed E-state index contributed by atoms with van der Waals surface area (Å²) in [6.45, 7) is 1.91. The predicted molar refractivity (Wildman–Crippen MR) is 155 cm³/mol. The zero-order valence-electron chi connectivity index (χ0n) is 23.5. The maximum absolute atomic E-state index is 15.9. The molecule has 6 rings (SSSR count). The first-order valence-electron chi connectivity index (χ1n) is 13.8. The van der Waals surface area contributed by atoms with Crippen molar-refractivity contribution in [2.45, 2.75) is 31.9 Å². The van der Waals surface area contributed by atoms with E-state index in [0.717, 1.165) is 36.8 Å². The van der Waals surface area contributed by atoms with Gasteiger partial charge < -0.3 is 19.1 Å². The Morgan fingerprint density at radius 1 is 1.07 bits per heavy atom. The molecule has 10 nitrogen and oxygen atoms in total. The monoisotopic (exact) mass is 590 g/mol. The number of alkyl halides is 2. The predicted octanol–water partition coefficient (Wildman–Crippen LogP) is 5.45. The van der Waals surface area contributed by atoms with Crippen LogP contribution in [0.1, 0.15) is 30.9 Å². The third-order valence-electron chi connectivity index (χ3n) is 7.90. The van der Waals surface area contributed by atoms with Gasteiger partial charge in [0.25, 0.3) is 5.89 Å². The largest absolute Gasteiger partial charge is 0.415 e. The van der Waals surface area contributed by atoms with E-state index in [2.05, 4.69) is 42.2 Å². The number of hydrogen-bond donors (Lipinski definition) is 1. The van der Waals surface area contributed by atoms with Crippen LogP contribution < -0.4 is 9.80 Å². The summed E-state index contributed by atoms with van der Waals surface area (Å²) in [5.74, 6) is -1.34. The maximum Gasteiger partial charge on any atom is 0.314 e. The van der Waals surface area contributed by atoms with Crippen LogP contribution in [0.3, 0.4) is 0 Å². The fraction of sp³-hybridized carbons (Fsp3) is 0.300. The van der Waals surface area contributed by atoms with Crippen LogP contribution in [-0.4, -0.2) is 69.9 Å². The Hall–Kier alpha value is -4.78. The fourth-order valence-corrected chi connectivity index (χ4v) is 5.41. The Morgan fingerprint density at radius 3 is 2.56 bits per heavy atom. The van der Waals surface area contributed by atoms with Crippen molar-refractivity contribution in [3.05, 3.63) is 72.3 Å². The minimum absolute atomic E-state index is 0.0455. The Labute approximate surface area is 245 Å². The lowest BCUT2D eigenvalue weighted by Crippen LogP contribution is -2.42. The minimum atomic E-state index is -2.88. The van der Waals surface area contributed by atoms with Crippen LogP contribution in [0, 0.1) is 5.82 Å². The summed E-state index contributed by atoms with van der Waals surface area (Å²) in [5.41, 5.74) is 3.93. The normalized spacial score (nSPS) is 14.5. The number of benzene rings is 2. The van der Waals surface area contributed by atoms with Gasteiger partial charge in [0.15, 0.2) is 0 Å². The number of halogens is 3. The van der Waals surface area contributed by atoms with Crippen molar-refractivity contribution in [1.82, 2.24) is 30.3 Å². The number of carbonyl (C=O) groups excluding carboxylic acids is 1. The zero-order valence-corrected chi connectivity index (χ0v) is 23.5. The van der Waals surface area contributed by atoms with Crippen LogP contribution in [0.15, 0.2) is 59.3 Å². The topological polar surface area (TPSA) is 107 Å². The van der Waals surface area contributed by atoms with E-state index >= 15 is 4.39 Å². The van der Waals surface area contributed by atoms with Gasteiger partial charge in [0.2, 0.25) is 12.3 Å². The van der Waals surface area contributed by atoms with Gasteiger partial charge >= 0.3 is 6.43 Å². The second-order valence-electron chi connectivity index (χ2n) is 10.7. The van der Waals surface area contributed by atoms with Crippen molar-refractivity contribution in [3.63, 3.8) is 0 Å². The quantitative estimate of drug-likeness (QED) is 0.226. The molecule has 1 saturated heterocycles. The highest BCUT2D eigenvalue weighted by molar-refractivity contribution is 5.89. The van der Waals surface area contributed by atoms with Gasteiger partial charge in [-0.25, -0.2) is 4.39 Å². The number of aromatic nitrogens is 5. The first-order chi connectivity index (χ1) is 20.8. The molecule has 0 spiro atoms. The molecule has 13 heteroatoms. The Bertz CT molecular complexity index is 1730. The summed E-state index contributed by atoms with van der Waals surface area (Å²) in [6.07, 6.45) is 2.72. The average Bonchev–Trinajstić information content (AvgIpc) is 3.70. The van der Waals surface area contributed by atoms with Gasteiger partial charge in [-0.3, -0.25) is 14.9 Å². The molecule has 222 valence electrons. The van der Waals surface area contributed by atoms with Crippen molar-refractivity contribution in [2.75, 3.05) is 37.0 Å². The molecule has 3 aromatic heterocycles. The zero-order chi connectivity index (χ0) is 30.1. The lowest BCUT2D eigenvalue weighted by atomic mass is 9.99. The SMILES string of the molecule is CN1CCC(N(C)c2cc(-c3ccc4[nH]ncc4c3)c(F)cc2N(C=O)Cc2ccc(-c3nnc(C(F)F)o3)cn2)CC1. The summed E-state index contributed by atoms with van der Waals surface area (Å²) in [7, 11) is 4.07. The number of carbonyl (C=O) groups is 1. The third-order valence-corrected chi connectivity index (χ3v) is 7.90. The molecule has 0 bridgehead atoms. The lowest BCUT2D eigenvalue weighted by Gasteiger charge is -2.38. The van der Waals surface area contributed by atoms with E-state index in [0.29, 0.717) is 40.2 Å². The van der Waals surface area contributed by atoms with Gasteiger partial charge in [-0.1, -0.05) is 6.07 Å². The van der Waals surface area contributed by atoms with Crippen LogP contribution in [0.25, 0.3) is 33.5 Å². The van der Waals surface area contributed by atoms with Crippen molar-refractivity contribution in [2.24, 2.45) is 0 Å². The molecule has 0 atom stereocenters. The van der Waals surface area contributed by atoms with E-state index in [9.17, 15) is 13.6 Å². The molecular weight excluding hydrogens is 561 g/mol. The number of nitrogens with one attached hydrogen (secondary N) is 1. The highest BCUT2D eigenvalue weighted by atomic mass is 19.3. The molecule has 2 aromatic carbocycles. The first kappa shape index (κ1) is 28.3. The van der Waals surface area contributed by atoms with E-state index in [1.165, 1.54) is 17.2 Å². The maximum atomic E-state index is 15.9. The Morgan fingerprint density at radius 2 is 1.86 bits per heavy atom. The number of hydrogen-bond acceptors (Lipinski definition) is 8. The molecule has 1 aliphatic heterocycles. The van der Waals surface area contributed by atoms with E-state index in [1.807, 2.05) is 25.2 Å². The number of aromatic amines is 1. The van der Waals surface area contributed by atoms with Gasteiger partial charge in [0.05, 0.1) is 40.9 Å². The van der Waals surface area contributed by atoms with Crippen LogP contribution in [0.4, 0.5) is 24.5 Å². The Balaban J connectivity index is 1.34. The molecule has 0 unspecified atom stereocenters. The van der Waals surface area contributed by atoms with Gasteiger partial charge in [0.1, 0.15) is 5.82 Å². The van der Waals surface area contributed by atoms with Gasteiger partial charge in [-0.2, -0.15) is 13.9 Å². The molecular formula is C30H29F3N8O2. The number of anilines is 2. The van der Waals surface area contributed by atoms with E-state index in [1.54, 1.807) is 24.4 Å². The highest BCUT2D eigenvalue weighted by Gasteiger charge is 2.26. The summed E-state index contributed by atoms with van der Waals surface area (Å²) in [4.78, 5) is 22.7. The number of fused-ring (bicyclic) bond motifs is 1. The second kappa shape index (κ2) is 11.8. The number of pyridine rings is 1. The van der Waals surface area contributed by atoms with Gasteiger partial charge in [-0.05, 0) is 68.9 Å². The number of amides is 1. The summed E-state index contributed by atoms with van der Waals surface area (Å²) in [6, 6.07) is 12.2. The number of rotatable bonds is 9. The molecule has 0 aliphatic carbocycles. The van der Waals surface area contributed by atoms with E-state index < -0.39 is 18.1 Å². The summed E-state index contributed by atoms with van der Waals surface area (Å²) >= 11 is 0. The first-order valence-corrected chi connectivity index (χ1v) is 13.8. The molecule has 1 aliphatic rings. The fourth-order valence-electron chi connectivity index (χ4n) is 5.41. The third kappa shape index (κ3) is 5.80. The highest BCUT2D eigenvalue weighted by Crippen LogP contribution is 2.39. The minimum Gasteiger partial charge on any atom is -0.415 e. The van der Waals surface area contributed by atoms with Crippen molar-refractivity contribution in [1.29, 1.82) is 0 Å². The van der Waals surface area contributed by atoms with Crippen LogP contribution >= 0.6 is 0 Å². The Kier molecular flexibility index (Phi) is 7.80. The molecule has 5 aromatic rings. The lowest BCUT2D eigenvalue weighted by molar-refractivity contribution is -0.107. The summed E-state index contributed by atoms with van der Waals surface area (Å²) in [5, 5.41) is 14.8. The number of nitrogens with zero attached hydrogens (tertiary/aromatic N) is 7. The standard InChI is InChI=1S/C30H29F3N8O2/c1-39-9-7-22(8-10-39)40(2)26-12-23(18-4-6-25-20(11-18)15-35-36-25)24(31)13-27(26)41(17-42)16-21-5-3-19(14-34-21)29-37-38-30(43-29)28(32)33/h3-6,11-15,17,22,28H,7-10,16H2,1-2H3,(H,35,36). The average molecular weight is 591 g/mol. The van der Waals surface area contributed by atoms with Crippen molar-refractivity contribution in [3.8, 4) is 22.6 Å². The molecule has 4 heterocycles. The second-order valence-corrected chi connectivity index (χ2v) is 10.7. The molecule has 0 saturated carbocycles. The van der Waals surface area contributed by atoms with Crippen LogP contribution in [0.2, 0.25) is 0 Å². The molecule has 1 N–H and O–H groups in total. The smallest absolute Gasteiger partial charge is 0.314 e. The van der Waals surface area contributed by atoms with E-state index in [4.69, 9.17) is 4.42 Å². The number of H-pyrrole nitrogens is 1. The number of piperidine rings is 1. The van der Waals surface area contributed by atoms with E-state index in [-0.39, 0.29) is 18.5 Å². The molecule has 43 heavy (non-hydrogen) atoms. The summed E-state index contributed by atoms with van der Waals surface area (Å²) < 4.78 is 46.5. The number of likely N-dealkylation sites (tertiary alicyclic amines) is 1. The molecule has 1 fully saturated rings. The molecule has 1 amide bonds.